The molecule has 3 rings (SSSR count). The molecule has 0 atom stereocenters. The van der Waals surface area contributed by atoms with Crippen LogP contribution in [-0.4, -0.2) is 63.2 Å². The molecule has 0 unspecified atom stereocenters. The van der Waals surface area contributed by atoms with Crippen LogP contribution in [0.4, 0.5) is 17.1 Å². The summed E-state index contributed by atoms with van der Waals surface area (Å²) in [5.74, 6) is -0.314. The first-order valence-electron chi connectivity index (χ1n) is 9.36. The lowest BCUT2D eigenvalue weighted by atomic mass is 10.2. The summed E-state index contributed by atoms with van der Waals surface area (Å²) in [6.45, 7) is 3.50. The minimum atomic E-state index is -0.158. The van der Waals surface area contributed by atoms with Crippen molar-refractivity contribution in [2.45, 2.75) is 0 Å². The molecule has 1 aliphatic rings. The van der Waals surface area contributed by atoms with Crippen LogP contribution in [0.15, 0.2) is 54.6 Å². The predicted octanol–water partition coefficient (Wildman–Crippen LogP) is 2.03. The fraction of sp³-hybridized carbons (Fsp3) is 0.333. The Bertz CT molecular complexity index is 774. The third-order valence-corrected chi connectivity index (χ3v) is 4.41. The zero-order valence-electron chi connectivity index (χ0n) is 16.1. The molecule has 0 saturated carbocycles. The Balaban J connectivity index is 1.43. The van der Waals surface area contributed by atoms with Crippen molar-refractivity contribution < 1.29 is 14.3 Å². The van der Waals surface area contributed by atoms with Crippen LogP contribution in [0.3, 0.4) is 0 Å². The highest BCUT2D eigenvalue weighted by atomic mass is 16.5. The van der Waals surface area contributed by atoms with Crippen LogP contribution in [0, 0.1) is 0 Å². The predicted molar refractivity (Wildman–Crippen MR) is 111 cm³/mol. The van der Waals surface area contributed by atoms with Gasteiger partial charge in [-0.1, -0.05) is 18.2 Å². The number of benzene rings is 2. The smallest absolute Gasteiger partial charge is 0.238 e. The number of ether oxygens (including phenoxy) is 1. The number of carbonyl (C=O) groups excluding carboxylic acids is 2. The number of nitrogens with zero attached hydrogens (tertiary/aromatic N) is 2. The van der Waals surface area contributed by atoms with E-state index in [2.05, 4.69) is 15.5 Å². The molecule has 0 aliphatic carbocycles. The molecule has 2 amide bonds. The van der Waals surface area contributed by atoms with Crippen LogP contribution in [0.1, 0.15) is 0 Å². The van der Waals surface area contributed by atoms with E-state index in [0.29, 0.717) is 0 Å². The number of likely N-dealkylation sites (N-methyl/N-ethyl adjacent to an activating group) is 1. The number of carbonyl (C=O) groups is 2. The van der Waals surface area contributed by atoms with E-state index in [9.17, 15) is 9.59 Å². The number of anilines is 3. The molecule has 28 heavy (non-hydrogen) atoms. The fourth-order valence-corrected chi connectivity index (χ4v) is 3.05. The minimum Gasteiger partial charge on any atom is -0.378 e. The lowest BCUT2D eigenvalue weighted by Gasteiger charge is -2.28. The number of hydrogen-bond donors (Lipinski definition) is 2. The zero-order valence-corrected chi connectivity index (χ0v) is 16.1. The first kappa shape index (κ1) is 19.9. The van der Waals surface area contributed by atoms with Gasteiger partial charge < -0.3 is 20.3 Å². The average molecular weight is 382 g/mol. The number of morpholine rings is 1. The van der Waals surface area contributed by atoms with E-state index in [-0.39, 0.29) is 24.9 Å². The number of para-hydroxylation sites is 1. The van der Waals surface area contributed by atoms with Crippen LogP contribution in [0.25, 0.3) is 0 Å². The van der Waals surface area contributed by atoms with Crippen molar-refractivity contribution >= 4 is 28.9 Å². The molecule has 1 fully saturated rings. The van der Waals surface area contributed by atoms with E-state index < -0.39 is 0 Å². The number of hydrogen-bond acceptors (Lipinski definition) is 5. The second kappa shape index (κ2) is 9.87. The fourth-order valence-electron chi connectivity index (χ4n) is 3.05. The Hall–Kier alpha value is -2.90. The van der Waals surface area contributed by atoms with Gasteiger partial charge in [0.05, 0.1) is 26.3 Å². The molecule has 0 aromatic heterocycles. The maximum Gasteiger partial charge on any atom is 0.238 e. The van der Waals surface area contributed by atoms with Gasteiger partial charge >= 0.3 is 0 Å². The van der Waals surface area contributed by atoms with E-state index >= 15 is 0 Å². The van der Waals surface area contributed by atoms with Crippen molar-refractivity contribution in [2.24, 2.45) is 0 Å². The molecule has 7 nitrogen and oxygen atoms in total. The van der Waals surface area contributed by atoms with Gasteiger partial charge in [0.2, 0.25) is 11.8 Å². The Morgan fingerprint density at radius 1 is 0.893 bits per heavy atom. The first-order valence-corrected chi connectivity index (χ1v) is 9.36. The number of amides is 2. The zero-order chi connectivity index (χ0) is 19.8. The molecule has 2 aromatic rings. The summed E-state index contributed by atoms with van der Waals surface area (Å²) in [4.78, 5) is 28.2. The van der Waals surface area contributed by atoms with Crippen LogP contribution in [0.5, 0.6) is 0 Å². The van der Waals surface area contributed by atoms with Crippen molar-refractivity contribution in [3.63, 3.8) is 0 Å². The standard InChI is InChI=1S/C21H26N4O3/c1-24(15-20(26)22-17-5-3-2-4-6-17)16-21(27)23-18-7-9-19(10-8-18)25-11-13-28-14-12-25/h2-10H,11-16H2,1H3,(H,22,26)(H,23,27). The molecule has 2 aromatic carbocycles. The van der Waals surface area contributed by atoms with Gasteiger partial charge in [0.15, 0.2) is 0 Å². The molecular formula is C21H26N4O3. The minimum absolute atomic E-state index is 0.132. The lowest BCUT2D eigenvalue weighted by Crippen LogP contribution is -2.36. The van der Waals surface area contributed by atoms with Gasteiger partial charge in [-0.25, -0.2) is 0 Å². The molecule has 0 bridgehead atoms. The van der Waals surface area contributed by atoms with E-state index in [0.717, 1.165) is 43.4 Å². The van der Waals surface area contributed by atoms with Gasteiger partial charge in [-0.05, 0) is 43.4 Å². The topological polar surface area (TPSA) is 73.9 Å². The second-order valence-corrected chi connectivity index (χ2v) is 6.78. The largest absolute Gasteiger partial charge is 0.378 e. The maximum atomic E-state index is 12.2. The van der Waals surface area contributed by atoms with Crippen molar-refractivity contribution in [1.82, 2.24) is 4.90 Å². The van der Waals surface area contributed by atoms with Crippen LogP contribution < -0.4 is 15.5 Å². The summed E-state index contributed by atoms with van der Waals surface area (Å²) in [7, 11) is 1.74. The first-order chi connectivity index (χ1) is 13.6. The lowest BCUT2D eigenvalue weighted by molar-refractivity contribution is -0.119. The average Bonchev–Trinajstić information content (AvgIpc) is 2.69. The molecule has 1 heterocycles. The van der Waals surface area contributed by atoms with E-state index in [1.54, 1.807) is 11.9 Å². The second-order valence-electron chi connectivity index (χ2n) is 6.78. The van der Waals surface area contributed by atoms with Gasteiger partial charge in [0, 0.05) is 30.2 Å². The van der Waals surface area contributed by atoms with E-state index in [4.69, 9.17) is 4.74 Å². The summed E-state index contributed by atoms with van der Waals surface area (Å²) in [5, 5.41) is 5.68. The summed E-state index contributed by atoms with van der Waals surface area (Å²) in [5.41, 5.74) is 2.60. The van der Waals surface area contributed by atoms with Crippen molar-refractivity contribution in [1.29, 1.82) is 0 Å². The van der Waals surface area contributed by atoms with Gasteiger partial charge in [-0.3, -0.25) is 14.5 Å². The Labute approximate surface area is 165 Å². The summed E-state index contributed by atoms with van der Waals surface area (Å²) in [6.07, 6.45) is 0. The van der Waals surface area contributed by atoms with E-state index in [1.165, 1.54) is 0 Å². The third kappa shape index (κ3) is 6.07. The molecule has 2 N–H and O–H groups in total. The SMILES string of the molecule is CN(CC(=O)Nc1ccccc1)CC(=O)Nc1ccc(N2CCOCC2)cc1. The maximum absolute atomic E-state index is 12.2. The molecule has 1 aliphatic heterocycles. The molecule has 1 saturated heterocycles. The molecule has 0 radical (unpaired) electrons. The summed E-state index contributed by atoms with van der Waals surface area (Å²) < 4.78 is 5.36. The van der Waals surface area contributed by atoms with Gasteiger partial charge in [0.25, 0.3) is 0 Å². The highest BCUT2D eigenvalue weighted by Crippen LogP contribution is 2.19. The van der Waals surface area contributed by atoms with Gasteiger partial charge in [-0.2, -0.15) is 0 Å². The normalized spacial score (nSPS) is 14.0. The highest BCUT2D eigenvalue weighted by Gasteiger charge is 2.13. The molecule has 7 heteroatoms. The van der Waals surface area contributed by atoms with Crippen molar-refractivity contribution in [3.05, 3.63) is 54.6 Å². The van der Waals surface area contributed by atoms with Gasteiger partial charge in [0.1, 0.15) is 0 Å². The van der Waals surface area contributed by atoms with Crippen LogP contribution in [-0.2, 0) is 14.3 Å². The Morgan fingerprint density at radius 2 is 1.43 bits per heavy atom. The molecule has 0 spiro atoms. The monoisotopic (exact) mass is 382 g/mol. The van der Waals surface area contributed by atoms with Gasteiger partial charge in [-0.15, -0.1) is 0 Å². The number of rotatable bonds is 7. The molecular weight excluding hydrogens is 356 g/mol. The van der Waals surface area contributed by atoms with Crippen LogP contribution >= 0.6 is 0 Å². The number of nitrogens with one attached hydrogen (secondary N) is 2. The van der Waals surface area contributed by atoms with Crippen molar-refractivity contribution in [2.75, 3.05) is 62.0 Å². The third-order valence-electron chi connectivity index (χ3n) is 4.41. The van der Waals surface area contributed by atoms with Crippen molar-refractivity contribution in [3.8, 4) is 0 Å². The quantitative estimate of drug-likeness (QED) is 0.767. The molecule has 148 valence electrons. The van der Waals surface area contributed by atoms with E-state index in [1.807, 2.05) is 54.6 Å². The van der Waals surface area contributed by atoms with Crippen LogP contribution in [0.2, 0.25) is 0 Å². The Kier molecular flexibility index (Phi) is 7.00. The summed E-state index contributed by atoms with van der Waals surface area (Å²) in [6, 6.07) is 17.0. The highest BCUT2D eigenvalue weighted by molar-refractivity contribution is 5.94. The Morgan fingerprint density at radius 3 is 2.00 bits per heavy atom. The summed E-state index contributed by atoms with van der Waals surface area (Å²) >= 11 is 0.